The van der Waals surface area contributed by atoms with Crippen molar-refractivity contribution in [3.05, 3.63) is 93.5 Å². The first kappa shape index (κ1) is 25.2. The lowest BCUT2D eigenvalue weighted by Gasteiger charge is -2.31. The Kier molecular flexibility index (Phi) is 7.67. The number of carbonyl (C=O) groups excluding carboxylic acids is 2. The van der Waals surface area contributed by atoms with E-state index in [0.29, 0.717) is 47.9 Å². The average Bonchev–Trinajstić information content (AvgIpc) is 3.62. The van der Waals surface area contributed by atoms with Crippen molar-refractivity contribution in [1.29, 1.82) is 0 Å². The molecule has 0 bridgehead atoms. The molecule has 37 heavy (non-hydrogen) atoms. The van der Waals surface area contributed by atoms with E-state index in [9.17, 15) is 14.0 Å². The lowest BCUT2D eigenvalue weighted by atomic mass is 9.97. The largest absolute Gasteiger partial charge is 0.469 e. The van der Waals surface area contributed by atoms with Gasteiger partial charge < -0.3 is 14.6 Å². The summed E-state index contributed by atoms with van der Waals surface area (Å²) in [5.74, 6) is 0.401. The number of nitrogens with zero attached hydrogens (tertiary/aromatic N) is 2. The van der Waals surface area contributed by atoms with Crippen LogP contribution < -0.4 is 5.32 Å². The molecule has 2 aromatic carbocycles. The molecule has 1 saturated heterocycles. The molecule has 0 unspecified atom stereocenters. The van der Waals surface area contributed by atoms with Crippen molar-refractivity contribution in [3.8, 4) is 11.1 Å². The minimum atomic E-state index is -0.398. The molecule has 6 nitrogen and oxygen atoms in total. The summed E-state index contributed by atoms with van der Waals surface area (Å²) in [6.07, 6.45) is 4.26. The lowest BCUT2D eigenvalue weighted by molar-refractivity contribution is -0.132. The number of rotatable bonds is 7. The molecule has 190 valence electrons. The minimum absolute atomic E-state index is 0.129. The van der Waals surface area contributed by atoms with Crippen molar-refractivity contribution >= 4 is 40.4 Å². The molecule has 1 aliphatic heterocycles. The van der Waals surface area contributed by atoms with Gasteiger partial charge in [0.25, 0.3) is 5.91 Å². The van der Waals surface area contributed by atoms with E-state index in [-0.39, 0.29) is 17.7 Å². The van der Waals surface area contributed by atoms with Crippen molar-refractivity contribution in [2.75, 3.05) is 18.4 Å². The molecule has 2 aromatic heterocycles. The van der Waals surface area contributed by atoms with Gasteiger partial charge in [0.05, 0.1) is 11.3 Å². The number of anilines is 1. The predicted octanol–water partition coefficient (Wildman–Crippen LogP) is 6.79. The van der Waals surface area contributed by atoms with E-state index in [4.69, 9.17) is 16.0 Å². The molecule has 3 heterocycles. The van der Waals surface area contributed by atoms with Gasteiger partial charge in [-0.1, -0.05) is 23.7 Å². The van der Waals surface area contributed by atoms with Crippen LogP contribution >= 0.6 is 22.9 Å². The van der Waals surface area contributed by atoms with Crippen molar-refractivity contribution < 1.29 is 18.4 Å². The first-order chi connectivity index (χ1) is 18.0. The van der Waals surface area contributed by atoms with Gasteiger partial charge in [-0.25, -0.2) is 9.37 Å². The Morgan fingerprint density at radius 2 is 1.92 bits per heavy atom. The molecule has 9 heteroatoms. The van der Waals surface area contributed by atoms with E-state index in [1.54, 1.807) is 42.0 Å². The molecule has 0 atom stereocenters. The second-order valence-electron chi connectivity index (χ2n) is 8.96. The van der Waals surface area contributed by atoms with Crippen LogP contribution in [0.15, 0.2) is 70.7 Å². The number of aromatic nitrogens is 1. The highest BCUT2D eigenvalue weighted by atomic mass is 35.5. The summed E-state index contributed by atoms with van der Waals surface area (Å²) >= 11 is 7.44. The highest BCUT2D eigenvalue weighted by molar-refractivity contribution is 7.10. The summed E-state index contributed by atoms with van der Waals surface area (Å²) < 4.78 is 19.3. The van der Waals surface area contributed by atoms with Gasteiger partial charge in [0, 0.05) is 53.5 Å². The normalized spacial score (nSPS) is 14.1. The second-order valence-corrected chi connectivity index (χ2v) is 10.3. The molecule has 1 aliphatic rings. The number of halogens is 2. The van der Waals surface area contributed by atoms with Crippen LogP contribution in [0.1, 0.15) is 46.4 Å². The zero-order chi connectivity index (χ0) is 25.8. The van der Waals surface area contributed by atoms with Gasteiger partial charge >= 0.3 is 0 Å². The average molecular weight is 538 g/mol. The maximum Gasteiger partial charge on any atom is 0.275 e. The number of benzene rings is 2. The predicted molar refractivity (Wildman–Crippen MR) is 142 cm³/mol. The van der Waals surface area contributed by atoms with Gasteiger partial charge in [0.15, 0.2) is 0 Å². The number of thiazole rings is 1. The Morgan fingerprint density at radius 3 is 2.65 bits per heavy atom. The van der Waals surface area contributed by atoms with Crippen LogP contribution in [0.25, 0.3) is 11.1 Å². The third-order valence-corrected chi connectivity index (χ3v) is 7.76. The highest BCUT2D eigenvalue weighted by Gasteiger charge is 2.26. The summed E-state index contributed by atoms with van der Waals surface area (Å²) in [5.41, 5.74) is 2.11. The molecule has 0 saturated carbocycles. The molecular formula is C28H25ClFN3O3S. The molecule has 5 rings (SSSR count). The van der Waals surface area contributed by atoms with E-state index in [1.165, 1.54) is 23.5 Å². The molecule has 0 radical (unpaired) electrons. The number of amides is 2. The number of aryl methyl sites for hydroxylation is 1. The van der Waals surface area contributed by atoms with E-state index >= 15 is 0 Å². The molecule has 1 N–H and O–H groups in total. The summed E-state index contributed by atoms with van der Waals surface area (Å²) in [6, 6.07) is 14.9. The van der Waals surface area contributed by atoms with Crippen LogP contribution in [0.3, 0.4) is 0 Å². The minimum Gasteiger partial charge on any atom is -0.469 e. The standard InChI is InChI=1S/C28H25ClFN3O3S/c29-20-5-3-18(4-6-20)23-16-21(30)7-9-24(23)31-27(35)25-17-37-28(32-25)19-11-13-33(14-12-19)26(34)10-8-22-2-1-15-36-22/h1-7,9,15-17,19H,8,10-14H2,(H,31,35). The Balaban J connectivity index is 1.20. The number of likely N-dealkylation sites (tertiary alicyclic amines) is 1. The molecule has 1 fully saturated rings. The monoisotopic (exact) mass is 537 g/mol. The maximum atomic E-state index is 14.0. The van der Waals surface area contributed by atoms with Crippen LogP contribution in [-0.4, -0.2) is 34.8 Å². The molecule has 0 spiro atoms. The van der Waals surface area contributed by atoms with Gasteiger partial charge in [-0.05, 0) is 60.9 Å². The fraction of sp³-hybridized carbons (Fsp3) is 0.250. The van der Waals surface area contributed by atoms with E-state index in [1.807, 2.05) is 17.0 Å². The smallest absolute Gasteiger partial charge is 0.275 e. The van der Waals surface area contributed by atoms with Crippen LogP contribution in [0, 0.1) is 5.82 Å². The quantitative estimate of drug-likeness (QED) is 0.282. The fourth-order valence-electron chi connectivity index (χ4n) is 4.48. The first-order valence-corrected chi connectivity index (χ1v) is 13.3. The fourth-order valence-corrected chi connectivity index (χ4v) is 5.58. The summed E-state index contributed by atoms with van der Waals surface area (Å²) in [6.45, 7) is 1.34. The van der Waals surface area contributed by atoms with Crippen molar-refractivity contribution in [3.63, 3.8) is 0 Å². The highest BCUT2D eigenvalue weighted by Crippen LogP contribution is 2.32. The zero-order valence-electron chi connectivity index (χ0n) is 20.0. The number of furan rings is 1. The zero-order valence-corrected chi connectivity index (χ0v) is 21.5. The third-order valence-electron chi connectivity index (χ3n) is 6.50. The van der Waals surface area contributed by atoms with Crippen LogP contribution in [0.5, 0.6) is 0 Å². The van der Waals surface area contributed by atoms with Crippen LogP contribution in [-0.2, 0) is 11.2 Å². The first-order valence-electron chi connectivity index (χ1n) is 12.1. The Bertz CT molecular complexity index is 1380. The number of piperidine rings is 1. The number of hydrogen-bond acceptors (Lipinski definition) is 5. The summed E-state index contributed by atoms with van der Waals surface area (Å²) in [4.78, 5) is 32.1. The Hall–Kier alpha value is -3.49. The van der Waals surface area contributed by atoms with E-state index in [2.05, 4.69) is 10.3 Å². The van der Waals surface area contributed by atoms with Crippen molar-refractivity contribution in [2.24, 2.45) is 0 Å². The van der Waals surface area contributed by atoms with Crippen LogP contribution in [0.4, 0.5) is 10.1 Å². The van der Waals surface area contributed by atoms with Gasteiger partial charge in [-0.2, -0.15) is 0 Å². The molecule has 2 amide bonds. The number of nitrogens with one attached hydrogen (secondary N) is 1. The Morgan fingerprint density at radius 1 is 1.14 bits per heavy atom. The maximum absolute atomic E-state index is 14.0. The van der Waals surface area contributed by atoms with Gasteiger partial charge in [-0.15, -0.1) is 11.3 Å². The van der Waals surface area contributed by atoms with Gasteiger partial charge in [0.1, 0.15) is 17.3 Å². The van der Waals surface area contributed by atoms with Gasteiger partial charge in [-0.3, -0.25) is 9.59 Å². The molecular weight excluding hydrogens is 513 g/mol. The van der Waals surface area contributed by atoms with E-state index < -0.39 is 5.82 Å². The topological polar surface area (TPSA) is 75.4 Å². The number of carbonyl (C=O) groups is 2. The lowest BCUT2D eigenvalue weighted by Crippen LogP contribution is -2.38. The second kappa shape index (κ2) is 11.3. The van der Waals surface area contributed by atoms with Crippen molar-refractivity contribution in [2.45, 2.75) is 31.6 Å². The molecule has 4 aromatic rings. The summed E-state index contributed by atoms with van der Waals surface area (Å²) in [7, 11) is 0. The summed E-state index contributed by atoms with van der Waals surface area (Å²) in [5, 5.41) is 6.09. The van der Waals surface area contributed by atoms with Crippen LogP contribution in [0.2, 0.25) is 5.02 Å². The van der Waals surface area contributed by atoms with Gasteiger partial charge in [0.2, 0.25) is 5.91 Å². The number of hydrogen-bond donors (Lipinski definition) is 1. The van der Waals surface area contributed by atoms with Crippen molar-refractivity contribution in [1.82, 2.24) is 9.88 Å². The third kappa shape index (κ3) is 6.09. The Labute approximate surface area is 223 Å². The SMILES string of the molecule is O=C(Nc1ccc(F)cc1-c1ccc(Cl)cc1)c1csc(C2CCN(C(=O)CCc3ccco3)CC2)n1. The van der Waals surface area contributed by atoms with E-state index in [0.717, 1.165) is 29.2 Å². The molecule has 0 aliphatic carbocycles.